The van der Waals surface area contributed by atoms with Gasteiger partial charge in [-0.2, -0.15) is 0 Å². The number of aromatic nitrogens is 1. The van der Waals surface area contributed by atoms with Crippen LogP contribution in [-0.4, -0.2) is 33.5 Å². The second-order valence-corrected chi connectivity index (χ2v) is 5.48. The molecule has 0 saturated carbocycles. The maximum Gasteiger partial charge on any atom is 0.188 e. The third-order valence-electron chi connectivity index (χ3n) is 3.86. The van der Waals surface area contributed by atoms with Crippen molar-refractivity contribution < 1.29 is 5.21 Å². The van der Waals surface area contributed by atoms with Gasteiger partial charge in [0, 0.05) is 18.8 Å². The molecule has 19 heavy (non-hydrogen) atoms. The van der Waals surface area contributed by atoms with Crippen molar-refractivity contribution in [1.82, 2.24) is 9.88 Å². The molecule has 1 aromatic heterocycles. The summed E-state index contributed by atoms with van der Waals surface area (Å²) in [6.45, 7) is 6.61. The Labute approximate surface area is 114 Å². The van der Waals surface area contributed by atoms with Crippen LogP contribution in [0.4, 0.5) is 0 Å². The highest BCUT2D eigenvalue weighted by atomic mass is 16.4. The van der Waals surface area contributed by atoms with E-state index in [4.69, 9.17) is 10.9 Å². The van der Waals surface area contributed by atoms with E-state index in [1.807, 2.05) is 12.1 Å². The summed E-state index contributed by atoms with van der Waals surface area (Å²) < 4.78 is 0. The van der Waals surface area contributed by atoms with Crippen molar-refractivity contribution in [1.29, 1.82) is 0 Å². The first-order valence-corrected chi connectivity index (χ1v) is 6.77. The van der Waals surface area contributed by atoms with E-state index in [2.05, 4.69) is 28.9 Å². The van der Waals surface area contributed by atoms with Gasteiger partial charge in [-0.15, -0.1) is 0 Å². The van der Waals surface area contributed by atoms with E-state index < -0.39 is 0 Å². The van der Waals surface area contributed by atoms with E-state index >= 15 is 0 Å². The summed E-state index contributed by atoms with van der Waals surface area (Å²) >= 11 is 0. The van der Waals surface area contributed by atoms with Gasteiger partial charge in [-0.25, -0.2) is 0 Å². The topological polar surface area (TPSA) is 74.7 Å². The maximum atomic E-state index is 8.68. The molecule has 2 rings (SSSR count). The summed E-state index contributed by atoms with van der Waals surface area (Å²) in [5.74, 6) is 0.874. The molecule has 1 aliphatic heterocycles. The standard InChI is InChI=1S/C14H22N4O/c1-10-4-6-18(11(2)7-10)9-12-3-5-16-13(8-12)14(15)17-19/h3,5,8,10-11,19H,4,6-7,9H2,1-2H3,(H2,15,17). The highest BCUT2D eigenvalue weighted by Crippen LogP contribution is 2.23. The van der Waals surface area contributed by atoms with Gasteiger partial charge in [0.1, 0.15) is 5.69 Å². The molecule has 1 saturated heterocycles. The molecular weight excluding hydrogens is 240 g/mol. The van der Waals surface area contributed by atoms with E-state index in [-0.39, 0.29) is 5.84 Å². The van der Waals surface area contributed by atoms with Gasteiger partial charge in [-0.05, 0) is 49.9 Å². The van der Waals surface area contributed by atoms with Crippen molar-refractivity contribution in [2.45, 2.75) is 39.3 Å². The van der Waals surface area contributed by atoms with Crippen molar-refractivity contribution in [3.05, 3.63) is 29.6 Å². The van der Waals surface area contributed by atoms with Gasteiger partial charge in [-0.3, -0.25) is 9.88 Å². The molecule has 5 nitrogen and oxygen atoms in total. The SMILES string of the molecule is CC1CCN(Cc2ccnc(C(N)=NO)c2)C(C)C1. The molecule has 2 atom stereocenters. The molecule has 3 N–H and O–H groups in total. The van der Waals surface area contributed by atoms with Gasteiger partial charge in [0.05, 0.1) is 0 Å². The highest BCUT2D eigenvalue weighted by molar-refractivity contribution is 5.95. The summed E-state index contributed by atoms with van der Waals surface area (Å²) in [5, 5.41) is 11.7. The smallest absolute Gasteiger partial charge is 0.188 e. The van der Waals surface area contributed by atoms with E-state index in [9.17, 15) is 0 Å². The number of amidine groups is 1. The van der Waals surface area contributed by atoms with Crippen LogP contribution in [0, 0.1) is 5.92 Å². The van der Waals surface area contributed by atoms with Crippen molar-refractivity contribution >= 4 is 5.84 Å². The number of hydrogen-bond donors (Lipinski definition) is 2. The van der Waals surface area contributed by atoms with Crippen LogP contribution in [0.3, 0.4) is 0 Å². The molecule has 1 fully saturated rings. The Hall–Kier alpha value is -1.62. The molecule has 0 amide bonds. The lowest BCUT2D eigenvalue weighted by Crippen LogP contribution is -2.39. The Bertz CT molecular complexity index is 461. The Morgan fingerprint density at radius 3 is 3.05 bits per heavy atom. The third-order valence-corrected chi connectivity index (χ3v) is 3.86. The first-order chi connectivity index (χ1) is 9.10. The van der Waals surface area contributed by atoms with E-state index in [0.717, 1.165) is 24.6 Å². The Kier molecular flexibility index (Phi) is 4.37. The molecule has 0 bridgehead atoms. The number of rotatable bonds is 3. The number of pyridine rings is 1. The minimum Gasteiger partial charge on any atom is -0.409 e. The van der Waals surface area contributed by atoms with E-state index in [0.29, 0.717) is 11.7 Å². The third kappa shape index (κ3) is 3.44. The van der Waals surface area contributed by atoms with Crippen LogP contribution >= 0.6 is 0 Å². The van der Waals surface area contributed by atoms with Crippen LogP contribution in [0.15, 0.2) is 23.5 Å². The zero-order valence-corrected chi connectivity index (χ0v) is 11.6. The fraction of sp³-hybridized carbons (Fsp3) is 0.571. The lowest BCUT2D eigenvalue weighted by Gasteiger charge is -2.36. The monoisotopic (exact) mass is 262 g/mol. The van der Waals surface area contributed by atoms with E-state index in [1.165, 1.54) is 12.8 Å². The molecule has 0 aliphatic carbocycles. The molecule has 5 heteroatoms. The van der Waals surface area contributed by atoms with Gasteiger partial charge in [-0.1, -0.05) is 12.1 Å². The molecule has 0 aromatic carbocycles. The second kappa shape index (κ2) is 6.02. The maximum absolute atomic E-state index is 8.68. The summed E-state index contributed by atoms with van der Waals surface area (Å²) in [4.78, 5) is 6.58. The zero-order valence-electron chi connectivity index (χ0n) is 11.6. The summed E-state index contributed by atoms with van der Waals surface area (Å²) in [7, 11) is 0. The number of likely N-dealkylation sites (tertiary alicyclic amines) is 1. The van der Waals surface area contributed by atoms with Crippen molar-refractivity contribution in [3.63, 3.8) is 0 Å². The Morgan fingerprint density at radius 1 is 1.58 bits per heavy atom. The molecular formula is C14H22N4O. The molecule has 0 radical (unpaired) electrons. The van der Waals surface area contributed by atoms with E-state index in [1.54, 1.807) is 6.20 Å². The minimum absolute atomic E-state index is 0.0576. The number of nitrogens with zero attached hydrogens (tertiary/aromatic N) is 3. The predicted molar refractivity (Wildman–Crippen MR) is 75.0 cm³/mol. The van der Waals surface area contributed by atoms with Crippen LogP contribution in [0.2, 0.25) is 0 Å². The average Bonchev–Trinajstić information content (AvgIpc) is 2.41. The first-order valence-electron chi connectivity index (χ1n) is 6.77. The predicted octanol–water partition coefficient (Wildman–Crippen LogP) is 1.80. The largest absolute Gasteiger partial charge is 0.409 e. The van der Waals surface area contributed by atoms with Gasteiger partial charge in [0.25, 0.3) is 0 Å². The Morgan fingerprint density at radius 2 is 2.37 bits per heavy atom. The summed E-state index contributed by atoms with van der Waals surface area (Å²) in [6.07, 6.45) is 4.21. The normalized spacial score (nSPS) is 25.5. The highest BCUT2D eigenvalue weighted by Gasteiger charge is 2.22. The number of nitrogens with two attached hydrogens (primary N) is 1. The van der Waals surface area contributed by atoms with Crippen molar-refractivity contribution in [3.8, 4) is 0 Å². The fourth-order valence-electron chi connectivity index (χ4n) is 2.69. The number of hydrogen-bond acceptors (Lipinski definition) is 4. The summed E-state index contributed by atoms with van der Waals surface area (Å²) in [6, 6.07) is 4.47. The number of piperidine rings is 1. The lowest BCUT2D eigenvalue weighted by molar-refractivity contribution is 0.122. The molecule has 1 aromatic rings. The van der Waals surface area contributed by atoms with Crippen molar-refractivity contribution in [2.24, 2.45) is 16.8 Å². The zero-order chi connectivity index (χ0) is 13.8. The van der Waals surface area contributed by atoms with Gasteiger partial charge in [0.2, 0.25) is 0 Å². The molecule has 104 valence electrons. The lowest BCUT2D eigenvalue weighted by atomic mass is 9.93. The van der Waals surface area contributed by atoms with Crippen LogP contribution in [0.5, 0.6) is 0 Å². The average molecular weight is 262 g/mol. The van der Waals surface area contributed by atoms with Gasteiger partial charge in [0.15, 0.2) is 5.84 Å². The van der Waals surface area contributed by atoms with Crippen LogP contribution < -0.4 is 5.73 Å². The van der Waals surface area contributed by atoms with Gasteiger partial charge >= 0.3 is 0 Å². The quantitative estimate of drug-likeness (QED) is 0.377. The molecule has 2 heterocycles. The number of oxime groups is 1. The van der Waals surface area contributed by atoms with Crippen LogP contribution in [0.25, 0.3) is 0 Å². The van der Waals surface area contributed by atoms with Crippen LogP contribution in [0.1, 0.15) is 37.9 Å². The molecule has 1 aliphatic rings. The molecule has 2 unspecified atom stereocenters. The fourth-order valence-corrected chi connectivity index (χ4v) is 2.69. The first kappa shape index (κ1) is 13.8. The second-order valence-electron chi connectivity index (χ2n) is 5.48. The summed E-state index contributed by atoms with van der Waals surface area (Å²) in [5.41, 5.74) is 7.24. The Balaban J connectivity index is 2.07. The van der Waals surface area contributed by atoms with Crippen LogP contribution in [-0.2, 0) is 6.54 Å². The minimum atomic E-state index is 0.0576. The van der Waals surface area contributed by atoms with Gasteiger partial charge < -0.3 is 10.9 Å². The van der Waals surface area contributed by atoms with Crippen molar-refractivity contribution in [2.75, 3.05) is 6.54 Å². The molecule has 0 spiro atoms.